The predicted octanol–water partition coefficient (Wildman–Crippen LogP) is 2.63. The van der Waals surface area contributed by atoms with Crippen molar-refractivity contribution < 1.29 is 9.53 Å². The highest BCUT2D eigenvalue weighted by molar-refractivity contribution is 5.96. The number of carbonyl (C=O) groups excluding carboxylic acids is 1. The zero-order valence-electron chi connectivity index (χ0n) is 11.9. The molecule has 1 amide bonds. The van der Waals surface area contributed by atoms with Crippen molar-refractivity contribution in [3.05, 3.63) is 53.6 Å². The van der Waals surface area contributed by atoms with Crippen LogP contribution in [0.3, 0.4) is 0 Å². The number of fused-ring (bicyclic) bond motifs is 1. The third kappa shape index (κ3) is 2.70. The molecular weight excluding hydrogens is 264 g/mol. The van der Waals surface area contributed by atoms with Crippen molar-refractivity contribution in [2.24, 2.45) is 5.92 Å². The van der Waals surface area contributed by atoms with Crippen LogP contribution in [0.4, 0.5) is 11.4 Å². The number of hydrogen-bond donors (Lipinski definition) is 2. The second-order valence-electron chi connectivity index (χ2n) is 5.32. The highest BCUT2D eigenvalue weighted by Gasteiger charge is 2.27. The van der Waals surface area contributed by atoms with Gasteiger partial charge in [-0.05, 0) is 36.1 Å². The smallest absolute Gasteiger partial charge is 0.228 e. The van der Waals surface area contributed by atoms with Crippen LogP contribution in [0.5, 0.6) is 5.75 Å². The van der Waals surface area contributed by atoms with Gasteiger partial charge in [0.25, 0.3) is 0 Å². The van der Waals surface area contributed by atoms with Gasteiger partial charge in [-0.3, -0.25) is 4.79 Å². The fourth-order valence-electron chi connectivity index (χ4n) is 2.75. The lowest BCUT2D eigenvalue weighted by atomic mass is 10.1. The molecule has 1 aliphatic rings. The maximum absolute atomic E-state index is 12.4. The van der Waals surface area contributed by atoms with Crippen LogP contribution >= 0.6 is 0 Å². The summed E-state index contributed by atoms with van der Waals surface area (Å²) in [5.41, 5.74) is 9.57. The number of nitrogen functional groups attached to an aromatic ring is 1. The van der Waals surface area contributed by atoms with Crippen LogP contribution in [-0.2, 0) is 17.6 Å². The number of nitrogens with two attached hydrogens (primary N) is 1. The van der Waals surface area contributed by atoms with Crippen molar-refractivity contribution in [3.63, 3.8) is 0 Å². The van der Waals surface area contributed by atoms with E-state index in [0.717, 1.165) is 12.8 Å². The SMILES string of the molecule is COc1ccc(N)c(NC(=O)C2Cc3ccccc3C2)c1. The van der Waals surface area contributed by atoms with E-state index >= 15 is 0 Å². The third-order valence-electron chi connectivity index (χ3n) is 3.94. The summed E-state index contributed by atoms with van der Waals surface area (Å²) in [6, 6.07) is 13.5. The molecule has 1 aliphatic carbocycles. The number of hydrogen-bond acceptors (Lipinski definition) is 3. The van der Waals surface area contributed by atoms with E-state index in [-0.39, 0.29) is 11.8 Å². The van der Waals surface area contributed by atoms with Gasteiger partial charge in [-0.1, -0.05) is 24.3 Å². The van der Waals surface area contributed by atoms with E-state index in [9.17, 15) is 4.79 Å². The van der Waals surface area contributed by atoms with Gasteiger partial charge in [0, 0.05) is 12.0 Å². The molecule has 108 valence electrons. The normalized spacial score (nSPS) is 13.8. The van der Waals surface area contributed by atoms with Crippen LogP contribution in [0.15, 0.2) is 42.5 Å². The molecule has 2 aromatic rings. The van der Waals surface area contributed by atoms with E-state index in [2.05, 4.69) is 17.4 Å². The molecule has 4 nitrogen and oxygen atoms in total. The van der Waals surface area contributed by atoms with Gasteiger partial charge in [0.2, 0.25) is 5.91 Å². The van der Waals surface area contributed by atoms with Crippen LogP contribution in [-0.4, -0.2) is 13.0 Å². The van der Waals surface area contributed by atoms with Crippen molar-refractivity contribution >= 4 is 17.3 Å². The molecule has 21 heavy (non-hydrogen) atoms. The lowest BCUT2D eigenvalue weighted by Gasteiger charge is -2.13. The number of nitrogens with one attached hydrogen (secondary N) is 1. The first-order valence-electron chi connectivity index (χ1n) is 6.98. The van der Waals surface area contributed by atoms with Crippen molar-refractivity contribution in [2.45, 2.75) is 12.8 Å². The number of rotatable bonds is 3. The molecule has 0 spiro atoms. The minimum absolute atomic E-state index is 0.00570. The van der Waals surface area contributed by atoms with E-state index in [1.54, 1.807) is 25.3 Å². The van der Waals surface area contributed by atoms with Crippen molar-refractivity contribution in [3.8, 4) is 5.75 Å². The topological polar surface area (TPSA) is 64.3 Å². The molecule has 2 aromatic carbocycles. The van der Waals surface area contributed by atoms with Crippen LogP contribution < -0.4 is 15.8 Å². The Morgan fingerprint density at radius 3 is 2.48 bits per heavy atom. The van der Waals surface area contributed by atoms with Gasteiger partial charge in [0.1, 0.15) is 5.75 Å². The molecule has 0 unspecified atom stereocenters. The molecule has 0 aromatic heterocycles. The van der Waals surface area contributed by atoms with Gasteiger partial charge in [0.05, 0.1) is 18.5 Å². The Labute approximate surface area is 123 Å². The summed E-state index contributed by atoms with van der Waals surface area (Å²) in [7, 11) is 1.59. The summed E-state index contributed by atoms with van der Waals surface area (Å²) < 4.78 is 5.16. The van der Waals surface area contributed by atoms with Gasteiger partial charge < -0.3 is 15.8 Å². The lowest BCUT2D eigenvalue weighted by molar-refractivity contribution is -0.119. The molecular formula is C17H18N2O2. The molecule has 3 N–H and O–H groups in total. The van der Waals surface area contributed by atoms with Gasteiger partial charge in [0.15, 0.2) is 0 Å². The summed E-state index contributed by atoms with van der Waals surface area (Å²) in [4.78, 5) is 12.4. The Hall–Kier alpha value is -2.49. The van der Waals surface area contributed by atoms with Crippen molar-refractivity contribution in [2.75, 3.05) is 18.2 Å². The van der Waals surface area contributed by atoms with Crippen molar-refractivity contribution in [1.82, 2.24) is 0 Å². The highest BCUT2D eigenvalue weighted by Crippen LogP contribution is 2.29. The molecule has 0 atom stereocenters. The van der Waals surface area contributed by atoms with Crippen LogP contribution in [0.1, 0.15) is 11.1 Å². The zero-order chi connectivity index (χ0) is 14.8. The lowest BCUT2D eigenvalue weighted by Crippen LogP contribution is -2.23. The largest absolute Gasteiger partial charge is 0.497 e. The quantitative estimate of drug-likeness (QED) is 0.851. The van der Waals surface area contributed by atoms with Crippen molar-refractivity contribution in [1.29, 1.82) is 0 Å². The van der Waals surface area contributed by atoms with Gasteiger partial charge >= 0.3 is 0 Å². The summed E-state index contributed by atoms with van der Waals surface area (Å²) in [6.07, 6.45) is 1.57. The van der Waals surface area contributed by atoms with Crippen LogP contribution in [0.2, 0.25) is 0 Å². The first-order chi connectivity index (χ1) is 10.2. The molecule has 0 saturated heterocycles. The number of carbonyl (C=O) groups is 1. The second-order valence-corrected chi connectivity index (χ2v) is 5.32. The maximum atomic E-state index is 12.4. The molecule has 0 heterocycles. The molecule has 3 rings (SSSR count). The highest BCUT2D eigenvalue weighted by atomic mass is 16.5. The molecule has 0 fully saturated rings. The molecule has 4 heteroatoms. The Balaban J connectivity index is 1.74. The van der Waals surface area contributed by atoms with E-state index in [0.29, 0.717) is 17.1 Å². The average molecular weight is 282 g/mol. The summed E-state index contributed by atoms with van der Waals surface area (Å²) in [5.74, 6) is 0.647. The Morgan fingerprint density at radius 1 is 1.19 bits per heavy atom. The number of ether oxygens (including phenoxy) is 1. The number of anilines is 2. The standard InChI is InChI=1S/C17H18N2O2/c1-21-14-6-7-15(18)16(10-14)19-17(20)13-8-11-4-2-3-5-12(11)9-13/h2-7,10,13H,8-9,18H2,1H3,(H,19,20). The minimum Gasteiger partial charge on any atom is -0.497 e. The van der Waals surface area contributed by atoms with E-state index < -0.39 is 0 Å². The first-order valence-corrected chi connectivity index (χ1v) is 6.98. The first kappa shape index (κ1) is 13.5. The fraction of sp³-hybridized carbons (Fsp3) is 0.235. The van der Waals surface area contributed by atoms with E-state index in [4.69, 9.17) is 10.5 Å². The Morgan fingerprint density at radius 2 is 1.86 bits per heavy atom. The van der Waals surface area contributed by atoms with Gasteiger partial charge in [-0.15, -0.1) is 0 Å². The maximum Gasteiger partial charge on any atom is 0.228 e. The van der Waals surface area contributed by atoms with Gasteiger partial charge in [-0.25, -0.2) is 0 Å². The number of amides is 1. The number of methoxy groups -OCH3 is 1. The average Bonchev–Trinajstić information content (AvgIpc) is 2.93. The summed E-state index contributed by atoms with van der Waals surface area (Å²) >= 11 is 0. The minimum atomic E-state index is -0.0343. The Bertz CT molecular complexity index is 657. The molecule has 0 bridgehead atoms. The summed E-state index contributed by atoms with van der Waals surface area (Å²) in [5, 5.41) is 2.92. The van der Waals surface area contributed by atoms with E-state index in [1.165, 1.54) is 11.1 Å². The molecule has 0 saturated carbocycles. The summed E-state index contributed by atoms with van der Waals surface area (Å²) in [6.45, 7) is 0. The third-order valence-corrected chi connectivity index (χ3v) is 3.94. The molecule has 0 aliphatic heterocycles. The van der Waals surface area contributed by atoms with Gasteiger partial charge in [-0.2, -0.15) is 0 Å². The zero-order valence-corrected chi connectivity index (χ0v) is 11.9. The Kier molecular flexibility index (Phi) is 3.52. The van der Waals surface area contributed by atoms with Crippen LogP contribution in [0, 0.1) is 5.92 Å². The fourth-order valence-corrected chi connectivity index (χ4v) is 2.75. The number of benzene rings is 2. The molecule has 0 radical (unpaired) electrons. The van der Waals surface area contributed by atoms with E-state index in [1.807, 2.05) is 12.1 Å². The predicted molar refractivity (Wildman–Crippen MR) is 83.4 cm³/mol. The second kappa shape index (κ2) is 5.48. The van der Waals surface area contributed by atoms with Crippen LogP contribution in [0.25, 0.3) is 0 Å². The monoisotopic (exact) mass is 282 g/mol.